The van der Waals surface area contributed by atoms with Crippen molar-refractivity contribution in [3.8, 4) is 0 Å². The van der Waals surface area contributed by atoms with Gasteiger partial charge in [0, 0.05) is 45.3 Å². The smallest absolute Gasteiger partial charge is 0.208 e. The number of hydrogen-bond donors (Lipinski definition) is 0. The predicted octanol–water partition coefficient (Wildman–Crippen LogP) is 0.364. The topological polar surface area (TPSA) is 35.5 Å². The molecule has 94 valence electrons. The van der Waals surface area contributed by atoms with Gasteiger partial charge in [-0.1, -0.05) is 18.3 Å². The Morgan fingerprint density at radius 2 is 2.06 bits per heavy atom. The van der Waals surface area contributed by atoms with Crippen LogP contribution in [0.3, 0.4) is 0 Å². The lowest BCUT2D eigenvalue weighted by molar-refractivity contribution is 0.0861. The van der Waals surface area contributed by atoms with E-state index < -0.39 is 0 Å². The predicted molar refractivity (Wildman–Crippen MR) is 69.6 cm³/mol. The Hall–Kier alpha value is -0.720. The third-order valence-electron chi connectivity index (χ3n) is 3.85. The fourth-order valence-electron chi connectivity index (χ4n) is 2.59. The molecule has 1 aromatic rings. The van der Waals surface area contributed by atoms with Crippen LogP contribution in [0.1, 0.15) is 6.92 Å². The minimum absolute atomic E-state index is 0.734. The van der Waals surface area contributed by atoms with Gasteiger partial charge in [-0.3, -0.25) is 4.90 Å². The lowest BCUT2D eigenvalue weighted by atomic mass is 10.1. The zero-order valence-electron chi connectivity index (χ0n) is 10.2. The fourth-order valence-corrected chi connectivity index (χ4v) is 3.17. The Labute approximate surface area is 106 Å². The van der Waals surface area contributed by atoms with E-state index in [1.165, 1.54) is 32.7 Å². The van der Waals surface area contributed by atoms with Gasteiger partial charge in [0.25, 0.3) is 0 Å². The molecule has 0 aliphatic carbocycles. The summed E-state index contributed by atoms with van der Waals surface area (Å²) in [6, 6.07) is 0.734. The number of anilines is 1. The Morgan fingerprint density at radius 3 is 2.65 bits per heavy atom. The highest BCUT2D eigenvalue weighted by molar-refractivity contribution is 7.13. The van der Waals surface area contributed by atoms with E-state index in [1.54, 1.807) is 11.3 Å². The van der Waals surface area contributed by atoms with Crippen molar-refractivity contribution in [2.75, 3.05) is 50.7 Å². The molecule has 5 nitrogen and oxygen atoms in total. The average molecular weight is 253 g/mol. The van der Waals surface area contributed by atoms with Crippen LogP contribution in [0.2, 0.25) is 0 Å². The zero-order chi connectivity index (χ0) is 11.7. The van der Waals surface area contributed by atoms with Gasteiger partial charge in [-0.25, -0.2) is 0 Å². The summed E-state index contributed by atoms with van der Waals surface area (Å²) in [7, 11) is 0. The van der Waals surface area contributed by atoms with Gasteiger partial charge in [-0.15, -0.1) is 10.2 Å². The molecule has 2 aliphatic heterocycles. The van der Waals surface area contributed by atoms with Crippen LogP contribution in [0.15, 0.2) is 5.51 Å². The summed E-state index contributed by atoms with van der Waals surface area (Å²) in [6.45, 7) is 10.6. The number of nitrogens with zero attached hydrogens (tertiary/aromatic N) is 5. The summed E-state index contributed by atoms with van der Waals surface area (Å²) in [4.78, 5) is 7.48. The van der Waals surface area contributed by atoms with Crippen LogP contribution < -0.4 is 4.90 Å². The molecule has 0 atom stereocenters. The number of aromatic nitrogens is 2. The van der Waals surface area contributed by atoms with Crippen molar-refractivity contribution in [2.45, 2.75) is 13.0 Å². The van der Waals surface area contributed by atoms with E-state index in [4.69, 9.17) is 0 Å². The average Bonchev–Trinajstić information content (AvgIpc) is 2.82. The van der Waals surface area contributed by atoms with Gasteiger partial charge < -0.3 is 9.80 Å². The molecule has 0 N–H and O–H groups in total. The van der Waals surface area contributed by atoms with Crippen molar-refractivity contribution < 1.29 is 0 Å². The maximum atomic E-state index is 4.11. The summed E-state index contributed by atoms with van der Waals surface area (Å²) >= 11 is 1.64. The Morgan fingerprint density at radius 1 is 1.29 bits per heavy atom. The van der Waals surface area contributed by atoms with Crippen molar-refractivity contribution >= 4 is 16.5 Å². The summed E-state index contributed by atoms with van der Waals surface area (Å²) < 4.78 is 0. The minimum atomic E-state index is 0.734. The second-order valence-electron chi connectivity index (χ2n) is 4.75. The van der Waals surface area contributed by atoms with Crippen molar-refractivity contribution in [3.05, 3.63) is 5.51 Å². The van der Waals surface area contributed by atoms with E-state index >= 15 is 0 Å². The van der Waals surface area contributed by atoms with Gasteiger partial charge in [0.2, 0.25) is 5.13 Å². The molecular formula is C11H19N5S. The van der Waals surface area contributed by atoms with Crippen LogP contribution in [-0.2, 0) is 0 Å². The van der Waals surface area contributed by atoms with Gasteiger partial charge in [0.05, 0.1) is 0 Å². The zero-order valence-corrected chi connectivity index (χ0v) is 11.1. The summed E-state index contributed by atoms with van der Waals surface area (Å²) in [5, 5.41) is 9.08. The molecule has 2 fully saturated rings. The van der Waals surface area contributed by atoms with Crippen molar-refractivity contribution in [1.82, 2.24) is 20.0 Å². The Balaban J connectivity index is 1.47. The third-order valence-corrected chi connectivity index (χ3v) is 4.60. The number of rotatable bonds is 3. The minimum Gasteiger partial charge on any atom is -0.343 e. The van der Waals surface area contributed by atoms with Gasteiger partial charge in [-0.2, -0.15) is 0 Å². The van der Waals surface area contributed by atoms with Crippen molar-refractivity contribution in [1.29, 1.82) is 0 Å². The van der Waals surface area contributed by atoms with E-state index in [9.17, 15) is 0 Å². The van der Waals surface area contributed by atoms with Crippen molar-refractivity contribution in [3.63, 3.8) is 0 Å². The SMILES string of the molecule is CCN1CCN(C2CN(c3nncs3)C2)CC1. The van der Waals surface area contributed by atoms with Crippen LogP contribution >= 0.6 is 11.3 Å². The van der Waals surface area contributed by atoms with Gasteiger partial charge in [-0.05, 0) is 6.54 Å². The third kappa shape index (κ3) is 2.29. The van der Waals surface area contributed by atoms with Crippen LogP contribution in [0.25, 0.3) is 0 Å². The van der Waals surface area contributed by atoms with E-state index in [0.717, 1.165) is 24.3 Å². The maximum Gasteiger partial charge on any atom is 0.208 e. The van der Waals surface area contributed by atoms with E-state index in [0.29, 0.717) is 0 Å². The first-order valence-corrected chi connectivity index (χ1v) is 7.22. The molecule has 3 rings (SSSR count). The summed E-state index contributed by atoms with van der Waals surface area (Å²) in [5.74, 6) is 0. The summed E-state index contributed by atoms with van der Waals surface area (Å²) in [5.41, 5.74) is 1.81. The molecule has 2 saturated heterocycles. The monoisotopic (exact) mass is 253 g/mol. The molecule has 2 aliphatic rings. The molecule has 0 bridgehead atoms. The van der Waals surface area contributed by atoms with Gasteiger partial charge in [0.1, 0.15) is 5.51 Å². The fraction of sp³-hybridized carbons (Fsp3) is 0.818. The maximum absolute atomic E-state index is 4.11. The van der Waals surface area contributed by atoms with E-state index in [-0.39, 0.29) is 0 Å². The largest absolute Gasteiger partial charge is 0.343 e. The lowest BCUT2D eigenvalue weighted by Gasteiger charge is -2.47. The van der Waals surface area contributed by atoms with E-state index in [2.05, 4.69) is 31.8 Å². The molecule has 0 saturated carbocycles. The van der Waals surface area contributed by atoms with Crippen LogP contribution in [0, 0.1) is 0 Å². The first-order valence-electron chi connectivity index (χ1n) is 6.34. The highest BCUT2D eigenvalue weighted by atomic mass is 32.1. The normalized spacial score (nSPS) is 23.9. The molecular weight excluding hydrogens is 234 g/mol. The molecule has 1 aromatic heterocycles. The first kappa shape index (κ1) is 11.4. The second kappa shape index (κ2) is 4.88. The number of likely N-dealkylation sites (N-methyl/N-ethyl adjacent to an activating group) is 1. The standard InChI is InChI=1S/C11H19N5S/c1-2-14-3-5-15(6-4-14)10-7-16(8-10)11-13-12-9-17-11/h9-10H,2-8H2,1H3. The quantitative estimate of drug-likeness (QED) is 0.777. The first-order chi connectivity index (χ1) is 8.36. The molecule has 17 heavy (non-hydrogen) atoms. The molecule has 6 heteroatoms. The van der Waals surface area contributed by atoms with Crippen LogP contribution in [-0.4, -0.2) is 71.9 Å². The van der Waals surface area contributed by atoms with Crippen LogP contribution in [0.5, 0.6) is 0 Å². The number of hydrogen-bond acceptors (Lipinski definition) is 6. The van der Waals surface area contributed by atoms with Gasteiger partial charge >= 0.3 is 0 Å². The molecule has 0 spiro atoms. The summed E-state index contributed by atoms with van der Waals surface area (Å²) in [6.07, 6.45) is 0. The molecule has 0 unspecified atom stereocenters. The molecule has 0 radical (unpaired) electrons. The Kier molecular flexibility index (Phi) is 3.26. The van der Waals surface area contributed by atoms with Crippen LogP contribution in [0.4, 0.5) is 5.13 Å². The van der Waals surface area contributed by atoms with Crippen molar-refractivity contribution in [2.24, 2.45) is 0 Å². The Bertz CT molecular complexity index is 341. The highest BCUT2D eigenvalue weighted by Gasteiger charge is 2.34. The second-order valence-corrected chi connectivity index (χ2v) is 5.56. The van der Waals surface area contributed by atoms with E-state index in [1.807, 2.05) is 5.51 Å². The highest BCUT2D eigenvalue weighted by Crippen LogP contribution is 2.25. The molecule has 3 heterocycles. The molecule has 0 aromatic carbocycles. The van der Waals surface area contributed by atoms with Gasteiger partial charge in [0.15, 0.2) is 0 Å². The number of piperazine rings is 1. The molecule has 0 amide bonds. The lowest BCUT2D eigenvalue weighted by Crippen LogP contribution is -2.63.